The number of furan rings is 1. The van der Waals surface area contributed by atoms with Crippen molar-refractivity contribution in [1.29, 1.82) is 0 Å². The Morgan fingerprint density at radius 1 is 1.21 bits per heavy atom. The number of carbonyl (C=O) groups excluding carboxylic acids is 2. The highest BCUT2D eigenvalue weighted by Gasteiger charge is 2.15. The molecule has 146 valence electrons. The zero-order valence-electron chi connectivity index (χ0n) is 14.8. The summed E-state index contributed by atoms with van der Waals surface area (Å²) in [5, 5.41) is 11.9. The van der Waals surface area contributed by atoms with E-state index in [9.17, 15) is 9.59 Å². The van der Waals surface area contributed by atoms with Crippen LogP contribution in [0, 0.1) is 6.92 Å². The molecule has 0 saturated carbocycles. The fourth-order valence-electron chi connectivity index (χ4n) is 2.49. The zero-order chi connectivity index (χ0) is 20.1. The topological polar surface area (TPSA) is 101 Å². The molecule has 2 amide bonds. The van der Waals surface area contributed by atoms with Gasteiger partial charge in [-0.3, -0.25) is 14.8 Å². The van der Waals surface area contributed by atoms with E-state index in [2.05, 4.69) is 5.32 Å². The zero-order valence-corrected chi connectivity index (χ0v) is 16.4. The molecule has 0 fully saturated rings. The molecule has 0 aliphatic carbocycles. The monoisotopic (exact) mass is 420 g/mol. The number of halogens is 1. The van der Waals surface area contributed by atoms with E-state index >= 15 is 0 Å². The SMILES string of the molecule is Cc1ccc(Cl)c2oc(C(=O)NCCOc3ccc(SC(=O)NO)cc3)cc12. The molecular formula is C19H17ClN2O5S. The molecule has 0 saturated heterocycles. The molecule has 0 aliphatic rings. The molecule has 3 aromatic rings. The van der Waals surface area contributed by atoms with Crippen LogP contribution in [-0.4, -0.2) is 29.5 Å². The molecule has 1 heterocycles. The Kier molecular flexibility index (Phi) is 6.45. The Morgan fingerprint density at radius 3 is 2.64 bits per heavy atom. The maximum Gasteiger partial charge on any atom is 0.307 e. The quantitative estimate of drug-likeness (QED) is 0.236. The Hall–Kier alpha value is -2.68. The first-order chi connectivity index (χ1) is 13.5. The molecule has 28 heavy (non-hydrogen) atoms. The molecular weight excluding hydrogens is 404 g/mol. The minimum Gasteiger partial charge on any atom is -0.492 e. The third-order valence-corrected chi connectivity index (χ3v) is 4.94. The summed E-state index contributed by atoms with van der Waals surface area (Å²) in [5.41, 5.74) is 3.02. The fourth-order valence-corrected chi connectivity index (χ4v) is 3.23. The standard InChI is InChI=1S/C19H17ClN2O5S/c1-11-2-7-15(20)17-14(11)10-16(27-17)18(23)21-8-9-26-12-3-5-13(6-4-12)28-19(24)22-25/h2-7,10,25H,8-9H2,1H3,(H,21,23)(H,22,24). The van der Waals surface area contributed by atoms with Gasteiger partial charge in [-0.2, -0.15) is 0 Å². The van der Waals surface area contributed by atoms with E-state index in [-0.39, 0.29) is 24.8 Å². The highest BCUT2D eigenvalue weighted by atomic mass is 35.5. The van der Waals surface area contributed by atoms with Gasteiger partial charge in [0.2, 0.25) is 0 Å². The van der Waals surface area contributed by atoms with E-state index in [4.69, 9.17) is 26.0 Å². The van der Waals surface area contributed by atoms with Gasteiger partial charge in [-0.25, -0.2) is 5.48 Å². The lowest BCUT2D eigenvalue weighted by molar-refractivity contribution is 0.0921. The molecule has 9 heteroatoms. The molecule has 0 atom stereocenters. The number of thioether (sulfide) groups is 1. The van der Waals surface area contributed by atoms with Gasteiger partial charge in [-0.15, -0.1) is 0 Å². The van der Waals surface area contributed by atoms with Gasteiger partial charge in [0.05, 0.1) is 11.6 Å². The van der Waals surface area contributed by atoms with E-state index in [1.807, 2.05) is 13.0 Å². The average molecular weight is 421 g/mol. The summed E-state index contributed by atoms with van der Waals surface area (Å²) in [4.78, 5) is 24.0. The lowest BCUT2D eigenvalue weighted by Crippen LogP contribution is -2.27. The number of rotatable bonds is 6. The lowest BCUT2D eigenvalue weighted by atomic mass is 10.1. The van der Waals surface area contributed by atoms with Crippen LogP contribution < -0.4 is 15.5 Å². The first-order valence-electron chi connectivity index (χ1n) is 8.29. The van der Waals surface area contributed by atoms with Crippen molar-refractivity contribution in [2.45, 2.75) is 11.8 Å². The van der Waals surface area contributed by atoms with Crippen molar-refractivity contribution < 1.29 is 24.0 Å². The molecule has 0 unspecified atom stereocenters. The number of aryl methyl sites for hydroxylation is 1. The van der Waals surface area contributed by atoms with Gasteiger partial charge in [-0.05, 0) is 60.6 Å². The second kappa shape index (κ2) is 9.01. The van der Waals surface area contributed by atoms with Crippen molar-refractivity contribution in [3.63, 3.8) is 0 Å². The number of fused-ring (bicyclic) bond motifs is 1. The number of hydrogen-bond donors (Lipinski definition) is 3. The van der Waals surface area contributed by atoms with Crippen LogP contribution in [0.4, 0.5) is 4.79 Å². The maximum absolute atomic E-state index is 12.3. The lowest BCUT2D eigenvalue weighted by Gasteiger charge is -2.07. The van der Waals surface area contributed by atoms with Crippen LogP contribution in [-0.2, 0) is 0 Å². The summed E-state index contributed by atoms with van der Waals surface area (Å²) in [6.07, 6.45) is 0. The Labute approximate surface area is 170 Å². The Balaban J connectivity index is 1.50. The fraction of sp³-hybridized carbons (Fsp3) is 0.158. The predicted molar refractivity (Wildman–Crippen MR) is 106 cm³/mol. The van der Waals surface area contributed by atoms with Crippen molar-refractivity contribution in [3.8, 4) is 5.75 Å². The molecule has 2 aromatic carbocycles. The van der Waals surface area contributed by atoms with Crippen LogP contribution in [0.5, 0.6) is 5.75 Å². The van der Waals surface area contributed by atoms with Crippen LogP contribution in [0.15, 0.2) is 51.8 Å². The number of amides is 2. The van der Waals surface area contributed by atoms with E-state index in [0.717, 1.165) is 22.7 Å². The third-order valence-electron chi connectivity index (χ3n) is 3.86. The molecule has 3 N–H and O–H groups in total. The van der Waals surface area contributed by atoms with Gasteiger partial charge in [0.1, 0.15) is 12.4 Å². The van der Waals surface area contributed by atoms with E-state index in [1.165, 1.54) is 0 Å². The minimum atomic E-state index is -0.571. The number of hydroxylamine groups is 1. The highest BCUT2D eigenvalue weighted by molar-refractivity contribution is 8.13. The largest absolute Gasteiger partial charge is 0.492 e. The van der Waals surface area contributed by atoms with Crippen LogP contribution in [0.3, 0.4) is 0 Å². The molecule has 3 rings (SSSR count). The van der Waals surface area contributed by atoms with Crippen molar-refractivity contribution in [1.82, 2.24) is 10.8 Å². The summed E-state index contributed by atoms with van der Waals surface area (Å²) in [7, 11) is 0. The maximum atomic E-state index is 12.3. The molecule has 1 aromatic heterocycles. The van der Waals surface area contributed by atoms with Crippen LogP contribution in [0.25, 0.3) is 11.0 Å². The highest BCUT2D eigenvalue weighted by Crippen LogP contribution is 2.29. The second-order valence-electron chi connectivity index (χ2n) is 5.79. The Bertz CT molecular complexity index is 964. The number of nitrogens with one attached hydrogen (secondary N) is 2. The van der Waals surface area contributed by atoms with Gasteiger partial charge >= 0.3 is 5.24 Å². The van der Waals surface area contributed by atoms with Crippen molar-refractivity contribution in [2.75, 3.05) is 13.2 Å². The van der Waals surface area contributed by atoms with Crippen molar-refractivity contribution in [3.05, 3.63) is 58.8 Å². The van der Waals surface area contributed by atoms with Gasteiger partial charge in [0.25, 0.3) is 5.91 Å². The van der Waals surface area contributed by atoms with Crippen LogP contribution in [0.1, 0.15) is 16.1 Å². The summed E-state index contributed by atoms with van der Waals surface area (Å²) >= 11 is 6.96. The van der Waals surface area contributed by atoms with Gasteiger partial charge in [-0.1, -0.05) is 17.7 Å². The van der Waals surface area contributed by atoms with Gasteiger partial charge < -0.3 is 14.5 Å². The molecule has 0 radical (unpaired) electrons. The first-order valence-corrected chi connectivity index (χ1v) is 9.49. The van der Waals surface area contributed by atoms with E-state index < -0.39 is 5.24 Å². The van der Waals surface area contributed by atoms with Crippen molar-refractivity contribution >= 4 is 45.5 Å². The number of hydrogen-bond acceptors (Lipinski definition) is 6. The summed E-state index contributed by atoms with van der Waals surface area (Å²) in [5.74, 6) is 0.431. The second-order valence-corrected chi connectivity index (χ2v) is 7.25. The first kappa shape index (κ1) is 20.1. The minimum absolute atomic E-state index is 0.190. The summed E-state index contributed by atoms with van der Waals surface area (Å²) < 4.78 is 11.1. The smallest absolute Gasteiger partial charge is 0.307 e. The molecule has 0 spiro atoms. The molecule has 0 aliphatic heterocycles. The predicted octanol–water partition coefficient (Wildman–Crippen LogP) is 4.39. The van der Waals surface area contributed by atoms with E-state index in [1.54, 1.807) is 41.9 Å². The average Bonchev–Trinajstić information content (AvgIpc) is 3.16. The van der Waals surface area contributed by atoms with Gasteiger partial charge in [0, 0.05) is 10.3 Å². The number of benzene rings is 2. The molecule has 0 bridgehead atoms. The van der Waals surface area contributed by atoms with Crippen LogP contribution >= 0.6 is 23.4 Å². The summed E-state index contributed by atoms with van der Waals surface area (Å²) in [6, 6.07) is 12.0. The number of carbonyl (C=O) groups is 2. The van der Waals surface area contributed by atoms with Crippen molar-refractivity contribution in [2.24, 2.45) is 0 Å². The third kappa shape index (κ3) is 4.78. The van der Waals surface area contributed by atoms with Crippen LogP contribution in [0.2, 0.25) is 5.02 Å². The Morgan fingerprint density at radius 2 is 1.96 bits per heavy atom. The molecule has 7 nitrogen and oxygen atoms in total. The number of ether oxygens (including phenoxy) is 1. The normalized spacial score (nSPS) is 10.7. The van der Waals surface area contributed by atoms with Gasteiger partial charge in [0.15, 0.2) is 11.3 Å². The summed E-state index contributed by atoms with van der Waals surface area (Å²) in [6.45, 7) is 2.46. The van der Waals surface area contributed by atoms with E-state index in [0.29, 0.717) is 21.3 Å².